The highest BCUT2D eigenvalue weighted by Crippen LogP contribution is 2.30. The molecule has 1 fully saturated rings. The zero-order chi connectivity index (χ0) is 23.3. The van der Waals surface area contributed by atoms with E-state index in [0.717, 1.165) is 55.8 Å². The number of hydrogen-bond donors (Lipinski definition) is 1. The Kier molecular flexibility index (Phi) is 6.75. The second-order valence-corrected chi connectivity index (χ2v) is 8.75. The molecule has 5 rings (SSSR count). The van der Waals surface area contributed by atoms with Gasteiger partial charge in [0.2, 0.25) is 0 Å². The predicted octanol–water partition coefficient (Wildman–Crippen LogP) is 2.41. The monoisotopic (exact) mass is 465 g/mol. The number of nitrogens with zero attached hydrogens (tertiary/aromatic N) is 6. The first kappa shape index (κ1) is 22.4. The van der Waals surface area contributed by atoms with Crippen LogP contribution < -0.4 is 15.4 Å². The smallest absolute Gasteiger partial charge is 0.410 e. The summed E-state index contributed by atoms with van der Waals surface area (Å²) >= 11 is 0. The number of anilines is 1. The van der Waals surface area contributed by atoms with Crippen LogP contribution in [0.4, 0.5) is 10.6 Å². The van der Waals surface area contributed by atoms with E-state index in [1.165, 1.54) is 11.9 Å². The molecule has 0 unspecified atom stereocenters. The molecule has 10 heteroatoms. The van der Waals surface area contributed by atoms with Gasteiger partial charge in [0.1, 0.15) is 24.5 Å². The molecule has 0 spiro atoms. The minimum atomic E-state index is -0.269. The Morgan fingerprint density at radius 1 is 1.18 bits per heavy atom. The third kappa shape index (κ3) is 4.63. The van der Waals surface area contributed by atoms with Crippen LogP contribution in [0.1, 0.15) is 36.8 Å². The number of rotatable bonds is 8. The molecule has 2 aromatic heterocycles. The van der Waals surface area contributed by atoms with Crippen LogP contribution >= 0.6 is 0 Å². The SMILES string of the molecule is NCCCCOC(=O)N1CCc2cccc(OC[C@H]3CCCN3c3ccnc4ncnn34)c2C1. The van der Waals surface area contributed by atoms with Gasteiger partial charge in [-0.3, -0.25) is 0 Å². The van der Waals surface area contributed by atoms with E-state index in [2.05, 4.69) is 26.0 Å². The Morgan fingerprint density at radius 2 is 2.12 bits per heavy atom. The molecule has 1 atom stereocenters. The predicted molar refractivity (Wildman–Crippen MR) is 127 cm³/mol. The van der Waals surface area contributed by atoms with Crippen LogP contribution in [0, 0.1) is 0 Å². The summed E-state index contributed by atoms with van der Waals surface area (Å²) in [6.45, 7) is 3.65. The third-order valence-corrected chi connectivity index (χ3v) is 6.58. The van der Waals surface area contributed by atoms with Gasteiger partial charge in [0.15, 0.2) is 0 Å². The van der Waals surface area contributed by atoms with Crippen molar-refractivity contribution < 1.29 is 14.3 Å². The highest BCUT2D eigenvalue weighted by molar-refractivity contribution is 5.68. The van der Waals surface area contributed by atoms with E-state index in [-0.39, 0.29) is 12.1 Å². The normalized spacial score (nSPS) is 17.7. The van der Waals surface area contributed by atoms with Crippen LogP contribution in [-0.4, -0.2) is 69.5 Å². The van der Waals surface area contributed by atoms with Gasteiger partial charge in [-0.25, -0.2) is 9.78 Å². The molecule has 1 aromatic carbocycles. The number of amides is 1. The van der Waals surface area contributed by atoms with E-state index in [9.17, 15) is 4.79 Å². The van der Waals surface area contributed by atoms with Crippen molar-refractivity contribution in [3.05, 3.63) is 47.9 Å². The molecule has 3 aromatic rings. The number of nitrogens with two attached hydrogens (primary N) is 1. The van der Waals surface area contributed by atoms with Crippen molar-refractivity contribution >= 4 is 17.7 Å². The summed E-state index contributed by atoms with van der Waals surface area (Å²) in [4.78, 5) is 25.1. The van der Waals surface area contributed by atoms with E-state index in [1.807, 2.05) is 18.2 Å². The fourth-order valence-electron chi connectivity index (χ4n) is 4.78. The molecule has 180 valence electrons. The number of aromatic nitrogens is 4. The lowest BCUT2D eigenvalue weighted by Gasteiger charge is -2.30. The lowest BCUT2D eigenvalue weighted by molar-refractivity contribution is 0.0959. The van der Waals surface area contributed by atoms with Crippen LogP contribution in [-0.2, 0) is 17.7 Å². The zero-order valence-electron chi connectivity index (χ0n) is 19.3. The van der Waals surface area contributed by atoms with Crippen molar-refractivity contribution in [2.24, 2.45) is 5.73 Å². The van der Waals surface area contributed by atoms with Gasteiger partial charge in [-0.05, 0) is 56.3 Å². The first-order valence-electron chi connectivity index (χ1n) is 12.0. The van der Waals surface area contributed by atoms with Crippen molar-refractivity contribution in [1.29, 1.82) is 0 Å². The Labute approximate surface area is 198 Å². The molecule has 2 aliphatic heterocycles. The maximum absolute atomic E-state index is 12.5. The molecular formula is C24H31N7O3. The summed E-state index contributed by atoms with van der Waals surface area (Å²) in [6.07, 6.45) is 7.59. The minimum absolute atomic E-state index is 0.220. The second kappa shape index (κ2) is 10.3. The van der Waals surface area contributed by atoms with E-state index in [4.69, 9.17) is 15.2 Å². The molecular weight excluding hydrogens is 434 g/mol. The Balaban J connectivity index is 1.25. The zero-order valence-corrected chi connectivity index (χ0v) is 19.3. The van der Waals surface area contributed by atoms with Gasteiger partial charge < -0.3 is 25.0 Å². The highest BCUT2D eigenvalue weighted by atomic mass is 16.6. The number of unbranched alkanes of at least 4 members (excludes halogenated alkanes) is 1. The van der Waals surface area contributed by atoms with Crippen LogP contribution in [0.15, 0.2) is 36.8 Å². The van der Waals surface area contributed by atoms with E-state index in [1.54, 1.807) is 15.6 Å². The number of carbonyl (C=O) groups is 1. The summed E-state index contributed by atoms with van der Waals surface area (Å²) in [5, 5.41) is 4.33. The summed E-state index contributed by atoms with van der Waals surface area (Å²) in [5.74, 6) is 2.41. The van der Waals surface area contributed by atoms with Gasteiger partial charge in [0.25, 0.3) is 5.78 Å². The van der Waals surface area contributed by atoms with E-state index < -0.39 is 0 Å². The van der Waals surface area contributed by atoms with Crippen molar-refractivity contribution in [3.8, 4) is 5.75 Å². The maximum Gasteiger partial charge on any atom is 0.410 e. The molecule has 2 N–H and O–H groups in total. The molecule has 1 saturated heterocycles. The lowest BCUT2D eigenvalue weighted by Crippen LogP contribution is -2.37. The molecule has 0 aliphatic carbocycles. The van der Waals surface area contributed by atoms with Gasteiger partial charge >= 0.3 is 6.09 Å². The van der Waals surface area contributed by atoms with Gasteiger partial charge in [0.05, 0.1) is 19.2 Å². The lowest BCUT2D eigenvalue weighted by atomic mass is 9.99. The quantitative estimate of drug-likeness (QED) is 0.505. The maximum atomic E-state index is 12.5. The molecule has 10 nitrogen and oxygen atoms in total. The largest absolute Gasteiger partial charge is 0.491 e. The standard InChI is InChI=1S/C24H31N7O3/c25-10-1-2-14-33-24(32)29-13-9-18-5-3-7-21(20(18)15-29)34-16-19-6-4-12-30(19)22-8-11-26-23-27-17-28-31(22)23/h3,5,7-8,11,17,19H,1-2,4,6,9-10,12-16,25H2/t19-/m1/s1. The molecule has 0 radical (unpaired) electrons. The molecule has 0 saturated carbocycles. The summed E-state index contributed by atoms with van der Waals surface area (Å²) in [7, 11) is 0. The van der Waals surface area contributed by atoms with Gasteiger partial charge in [-0.1, -0.05) is 12.1 Å². The molecule has 2 aliphatic rings. The molecule has 4 heterocycles. The van der Waals surface area contributed by atoms with Gasteiger partial charge in [0, 0.05) is 24.8 Å². The Hall–Kier alpha value is -3.40. The van der Waals surface area contributed by atoms with E-state index >= 15 is 0 Å². The molecule has 0 bridgehead atoms. The molecule has 34 heavy (non-hydrogen) atoms. The number of ether oxygens (including phenoxy) is 2. The van der Waals surface area contributed by atoms with Gasteiger partial charge in [-0.2, -0.15) is 14.6 Å². The summed E-state index contributed by atoms with van der Waals surface area (Å²) in [5.41, 5.74) is 7.81. The fraction of sp³-hybridized carbons (Fsp3) is 0.500. The van der Waals surface area contributed by atoms with Crippen LogP contribution in [0.3, 0.4) is 0 Å². The third-order valence-electron chi connectivity index (χ3n) is 6.58. The first-order valence-corrected chi connectivity index (χ1v) is 12.0. The molecule has 1 amide bonds. The highest BCUT2D eigenvalue weighted by Gasteiger charge is 2.29. The number of hydrogen-bond acceptors (Lipinski definition) is 8. The van der Waals surface area contributed by atoms with Crippen LogP contribution in [0.2, 0.25) is 0 Å². The van der Waals surface area contributed by atoms with E-state index in [0.29, 0.717) is 38.6 Å². The average molecular weight is 466 g/mol. The second-order valence-electron chi connectivity index (χ2n) is 8.75. The number of carbonyl (C=O) groups excluding carboxylic acids is 1. The summed E-state index contributed by atoms with van der Waals surface area (Å²) in [6, 6.07) is 8.34. The number of benzene rings is 1. The first-order chi connectivity index (χ1) is 16.7. The van der Waals surface area contributed by atoms with Crippen molar-refractivity contribution in [2.45, 2.75) is 44.7 Å². The van der Waals surface area contributed by atoms with Crippen LogP contribution in [0.5, 0.6) is 5.75 Å². The van der Waals surface area contributed by atoms with Crippen molar-refractivity contribution in [2.75, 3.05) is 37.7 Å². The Morgan fingerprint density at radius 3 is 3.03 bits per heavy atom. The number of fused-ring (bicyclic) bond motifs is 2. The van der Waals surface area contributed by atoms with Gasteiger partial charge in [-0.15, -0.1) is 0 Å². The van der Waals surface area contributed by atoms with Crippen LogP contribution in [0.25, 0.3) is 5.78 Å². The average Bonchev–Trinajstić information content (AvgIpc) is 3.54. The fourth-order valence-corrected chi connectivity index (χ4v) is 4.78. The van der Waals surface area contributed by atoms with Crippen molar-refractivity contribution in [3.63, 3.8) is 0 Å². The topological polar surface area (TPSA) is 111 Å². The summed E-state index contributed by atoms with van der Waals surface area (Å²) < 4.78 is 13.6. The van der Waals surface area contributed by atoms with Crippen molar-refractivity contribution in [1.82, 2.24) is 24.5 Å². The minimum Gasteiger partial charge on any atom is -0.491 e. The Bertz CT molecular complexity index is 1130.